The van der Waals surface area contributed by atoms with Crippen LogP contribution in [-0.2, 0) is 0 Å². The third-order valence-electron chi connectivity index (χ3n) is 2.75. The second-order valence-corrected chi connectivity index (χ2v) is 4.29. The standard InChI is InChI=1S/C15H13FN2O4/c16-13-3-1-2-4-15(13)22-8-7-17-10-11-9-12(18(20)21)5-6-14(11)19/h1-6,9-10,19H,7-8H2/p-1. The van der Waals surface area contributed by atoms with Crippen LogP contribution in [0.3, 0.4) is 0 Å². The molecule has 0 bridgehead atoms. The Balaban J connectivity index is 1.92. The summed E-state index contributed by atoms with van der Waals surface area (Å²) in [5.41, 5.74) is -0.0521. The van der Waals surface area contributed by atoms with Crippen LogP contribution in [-0.4, -0.2) is 24.3 Å². The van der Waals surface area contributed by atoms with Crippen molar-refractivity contribution in [2.24, 2.45) is 4.99 Å². The maximum absolute atomic E-state index is 13.3. The lowest BCUT2D eigenvalue weighted by Crippen LogP contribution is -2.03. The van der Waals surface area contributed by atoms with E-state index in [0.29, 0.717) is 0 Å². The Morgan fingerprint density at radius 2 is 2.05 bits per heavy atom. The highest BCUT2D eigenvalue weighted by Gasteiger charge is 2.05. The van der Waals surface area contributed by atoms with Crippen molar-refractivity contribution in [1.82, 2.24) is 0 Å². The highest BCUT2D eigenvalue weighted by atomic mass is 19.1. The van der Waals surface area contributed by atoms with Crippen LogP contribution in [0.5, 0.6) is 11.5 Å². The van der Waals surface area contributed by atoms with Crippen LogP contribution in [0.2, 0.25) is 0 Å². The van der Waals surface area contributed by atoms with E-state index in [4.69, 9.17) is 4.74 Å². The van der Waals surface area contributed by atoms with Crippen LogP contribution in [0.4, 0.5) is 10.1 Å². The molecule has 22 heavy (non-hydrogen) atoms. The summed E-state index contributed by atoms with van der Waals surface area (Å²) in [6.07, 6.45) is 1.25. The minimum Gasteiger partial charge on any atom is -0.872 e. The number of halogens is 1. The highest BCUT2D eigenvalue weighted by Crippen LogP contribution is 2.19. The number of nitro groups is 1. The van der Waals surface area contributed by atoms with Crippen molar-refractivity contribution in [3.05, 3.63) is 64.0 Å². The van der Waals surface area contributed by atoms with Crippen molar-refractivity contribution in [1.29, 1.82) is 0 Å². The number of benzene rings is 2. The highest BCUT2D eigenvalue weighted by molar-refractivity contribution is 5.84. The lowest BCUT2D eigenvalue weighted by molar-refractivity contribution is -0.385. The molecule has 0 heterocycles. The number of rotatable bonds is 6. The normalized spacial score (nSPS) is 10.8. The predicted octanol–water partition coefficient (Wildman–Crippen LogP) is 2.31. The summed E-state index contributed by atoms with van der Waals surface area (Å²) in [6.45, 7) is 0.316. The van der Waals surface area contributed by atoms with E-state index in [1.165, 1.54) is 18.3 Å². The largest absolute Gasteiger partial charge is 0.872 e. The monoisotopic (exact) mass is 303 g/mol. The van der Waals surface area contributed by atoms with Crippen LogP contribution in [0.1, 0.15) is 5.56 Å². The molecule has 0 aromatic heterocycles. The van der Waals surface area contributed by atoms with Gasteiger partial charge in [-0.25, -0.2) is 4.39 Å². The van der Waals surface area contributed by atoms with Gasteiger partial charge in [0, 0.05) is 18.3 Å². The summed E-state index contributed by atoms with van der Waals surface area (Å²) >= 11 is 0. The van der Waals surface area contributed by atoms with Gasteiger partial charge in [0.2, 0.25) is 0 Å². The molecule has 0 saturated heterocycles. The molecule has 0 saturated carbocycles. The van der Waals surface area contributed by atoms with Gasteiger partial charge in [-0.15, -0.1) is 0 Å². The van der Waals surface area contributed by atoms with Gasteiger partial charge in [-0.3, -0.25) is 15.1 Å². The van der Waals surface area contributed by atoms with Gasteiger partial charge in [0.05, 0.1) is 11.5 Å². The van der Waals surface area contributed by atoms with Gasteiger partial charge in [0.1, 0.15) is 6.61 Å². The fraction of sp³-hybridized carbons (Fsp3) is 0.133. The third kappa shape index (κ3) is 4.02. The number of aliphatic imine (C=N–C) groups is 1. The number of non-ortho nitro benzene ring substituents is 1. The Morgan fingerprint density at radius 1 is 1.27 bits per heavy atom. The van der Waals surface area contributed by atoms with Crippen molar-refractivity contribution in [3.8, 4) is 11.5 Å². The Hall–Kier alpha value is -2.96. The number of para-hydroxylation sites is 1. The zero-order valence-corrected chi connectivity index (χ0v) is 11.4. The fourth-order valence-corrected chi connectivity index (χ4v) is 1.68. The average molecular weight is 303 g/mol. The Kier molecular flexibility index (Phi) is 5.02. The smallest absolute Gasteiger partial charge is 0.270 e. The number of hydrogen-bond donors (Lipinski definition) is 0. The lowest BCUT2D eigenvalue weighted by atomic mass is 10.2. The van der Waals surface area contributed by atoms with Crippen molar-refractivity contribution >= 4 is 11.9 Å². The van der Waals surface area contributed by atoms with Gasteiger partial charge in [-0.2, -0.15) is 0 Å². The molecule has 0 unspecified atom stereocenters. The zero-order valence-electron chi connectivity index (χ0n) is 11.4. The van der Waals surface area contributed by atoms with E-state index >= 15 is 0 Å². The Labute approximate surface area is 125 Å². The molecule has 2 aromatic carbocycles. The first-order chi connectivity index (χ1) is 10.6. The van der Waals surface area contributed by atoms with E-state index < -0.39 is 10.7 Å². The predicted molar refractivity (Wildman–Crippen MR) is 76.9 cm³/mol. The average Bonchev–Trinajstić information content (AvgIpc) is 2.50. The van der Waals surface area contributed by atoms with E-state index in [2.05, 4.69) is 4.99 Å². The molecule has 6 nitrogen and oxygen atoms in total. The molecule has 0 fully saturated rings. The summed E-state index contributed by atoms with van der Waals surface area (Å²) in [6, 6.07) is 9.40. The van der Waals surface area contributed by atoms with Gasteiger partial charge in [0.15, 0.2) is 11.6 Å². The van der Waals surface area contributed by atoms with E-state index in [-0.39, 0.29) is 35.9 Å². The first-order valence-corrected chi connectivity index (χ1v) is 6.40. The first-order valence-electron chi connectivity index (χ1n) is 6.40. The van der Waals surface area contributed by atoms with Crippen LogP contribution in [0, 0.1) is 15.9 Å². The molecule has 0 N–H and O–H groups in total. The summed E-state index contributed by atoms with van der Waals surface area (Å²) in [7, 11) is 0. The van der Waals surface area contributed by atoms with Gasteiger partial charge >= 0.3 is 0 Å². The van der Waals surface area contributed by atoms with E-state index in [9.17, 15) is 19.6 Å². The minimum absolute atomic E-state index is 0.123. The molecule has 0 atom stereocenters. The third-order valence-corrected chi connectivity index (χ3v) is 2.75. The topological polar surface area (TPSA) is 87.8 Å². The van der Waals surface area contributed by atoms with Crippen LogP contribution in [0.15, 0.2) is 47.5 Å². The number of nitrogens with zero attached hydrogens (tertiary/aromatic N) is 2. The van der Waals surface area contributed by atoms with Gasteiger partial charge < -0.3 is 9.84 Å². The Bertz CT molecular complexity index is 704. The summed E-state index contributed by atoms with van der Waals surface area (Å²) in [4.78, 5) is 14.0. The van der Waals surface area contributed by atoms with E-state index in [1.807, 2.05) is 0 Å². The maximum atomic E-state index is 13.3. The molecule has 0 aliphatic heterocycles. The van der Waals surface area contributed by atoms with Crippen LogP contribution < -0.4 is 9.84 Å². The van der Waals surface area contributed by atoms with Crippen molar-refractivity contribution in [2.75, 3.05) is 13.2 Å². The number of ether oxygens (including phenoxy) is 1. The van der Waals surface area contributed by atoms with E-state index in [1.54, 1.807) is 12.1 Å². The summed E-state index contributed by atoms with van der Waals surface area (Å²) < 4.78 is 18.5. The number of hydrogen-bond acceptors (Lipinski definition) is 5. The van der Waals surface area contributed by atoms with Crippen LogP contribution >= 0.6 is 0 Å². The Morgan fingerprint density at radius 3 is 2.77 bits per heavy atom. The quantitative estimate of drug-likeness (QED) is 0.354. The molecule has 0 amide bonds. The fourth-order valence-electron chi connectivity index (χ4n) is 1.68. The number of nitro benzene ring substituents is 1. The van der Waals surface area contributed by atoms with Crippen molar-refractivity contribution < 1.29 is 19.2 Å². The molecule has 0 aliphatic carbocycles. The molecule has 2 rings (SSSR count). The summed E-state index contributed by atoms with van der Waals surface area (Å²) in [5.74, 6) is -0.700. The zero-order chi connectivity index (χ0) is 15.9. The molecule has 2 aromatic rings. The molecular formula is C15H12FN2O4-. The van der Waals surface area contributed by atoms with Crippen molar-refractivity contribution in [3.63, 3.8) is 0 Å². The molecular weight excluding hydrogens is 291 g/mol. The molecule has 7 heteroatoms. The molecule has 0 spiro atoms. The summed E-state index contributed by atoms with van der Waals surface area (Å²) in [5, 5.41) is 22.2. The van der Waals surface area contributed by atoms with Gasteiger partial charge in [0.25, 0.3) is 5.69 Å². The molecule has 114 valence electrons. The second-order valence-electron chi connectivity index (χ2n) is 4.29. The minimum atomic E-state index is -0.585. The SMILES string of the molecule is O=[N+]([O-])c1ccc([O-])c(C=NCCOc2ccccc2F)c1. The van der Waals surface area contributed by atoms with Gasteiger partial charge in [-0.05, 0) is 17.7 Å². The molecule has 0 radical (unpaired) electrons. The van der Waals surface area contributed by atoms with Crippen molar-refractivity contribution in [2.45, 2.75) is 0 Å². The van der Waals surface area contributed by atoms with E-state index in [0.717, 1.165) is 18.2 Å². The first kappa shape index (κ1) is 15.4. The lowest BCUT2D eigenvalue weighted by Gasteiger charge is -2.08. The van der Waals surface area contributed by atoms with Crippen LogP contribution in [0.25, 0.3) is 0 Å². The van der Waals surface area contributed by atoms with Gasteiger partial charge in [-0.1, -0.05) is 23.9 Å². The maximum Gasteiger partial charge on any atom is 0.270 e. The molecule has 0 aliphatic rings. The second kappa shape index (κ2) is 7.16.